The van der Waals surface area contributed by atoms with Crippen LogP contribution in [0.1, 0.15) is 65.7 Å². The third-order valence-electron chi connectivity index (χ3n) is 5.81. The molecule has 0 aromatic carbocycles. The lowest BCUT2D eigenvalue weighted by atomic mass is 10.0. The van der Waals surface area contributed by atoms with E-state index in [1.165, 1.54) is 32.1 Å². The zero-order valence-electron chi connectivity index (χ0n) is 15.3. The molecule has 3 unspecified atom stereocenters. The van der Waals surface area contributed by atoms with Crippen LogP contribution in [0, 0.1) is 5.92 Å². The summed E-state index contributed by atoms with van der Waals surface area (Å²) in [4.78, 5) is 0. The molecule has 0 spiro atoms. The molecule has 4 heteroatoms. The van der Waals surface area contributed by atoms with Gasteiger partial charge in [0.2, 0.25) is 0 Å². The molecule has 130 valence electrons. The van der Waals surface area contributed by atoms with Crippen molar-refractivity contribution in [1.82, 2.24) is 0 Å². The first kappa shape index (κ1) is 18.4. The summed E-state index contributed by atoms with van der Waals surface area (Å²) in [6, 6.07) is 0. The van der Waals surface area contributed by atoms with Crippen LogP contribution in [0.4, 0.5) is 0 Å². The monoisotopic (exact) mass is 328 g/mol. The van der Waals surface area contributed by atoms with Gasteiger partial charge in [-0.25, -0.2) is 0 Å². The Morgan fingerprint density at radius 1 is 1.05 bits per heavy atom. The van der Waals surface area contributed by atoms with Crippen LogP contribution in [0.3, 0.4) is 0 Å². The molecule has 1 saturated carbocycles. The summed E-state index contributed by atoms with van der Waals surface area (Å²) in [7, 11) is -1.61. The van der Waals surface area contributed by atoms with Gasteiger partial charge in [0.25, 0.3) is 0 Å². The third kappa shape index (κ3) is 5.05. The van der Waals surface area contributed by atoms with Crippen LogP contribution in [-0.4, -0.2) is 33.9 Å². The molecule has 1 aliphatic carbocycles. The van der Waals surface area contributed by atoms with Crippen LogP contribution < -0.4 is 0 Å². The van der Waals surface area contributed by atoms with E-state index in [2.05, 4.69) is 33.9 Å². The normalized spacial score (nSPS) is 30.7. The van der Waals surface area contributed by atoms with Gasteiger partial charge >= 0.3 is 0 Å². The highest BCUT2D eigenvalue weighted by Gasteiger charge is 2.38. The molecule has 2 aliphatic rings. The average molecular weight is 329 g/mol. The van der Waals surface area contributed by atoms with Crippen molar-refractivity contribution in [3.63, 3.8) is 0 Å². The molecule has 0 bridgehead atoms. The van der Waals surface area contributed by atoms with E-state index in [4.69, 9.17) is 13.9 Å². The highest BCUT2D eigenvalue weighted by molar-refractivity contribution is 6.74. The molecule has 1 heterocycles. The van der Waals surface area contributed by atoms with Crippen LogP contribution in [-0.2, 0) is 13.9 Å². The molecule has 2 rings (SSSR count). The van der Waals surface area contributed by atoms with Crippen molar-refractivity contribution >= 4 is 8.32 Å². The van der Waals surface area contributed by atoms with Gasteiger partial charge in [-0.15, -0.1) is 0 Å². The molecule has 1 saturated heterocycles. The second-order valence-corrected chi connectivity index (χ2v) is 13.4. The smallest absolute Gasteiger partial charge is 0.191 e. The first-order chi connectivity index (χ1) is 10.3. The quantitative estimate of drug-likeness (QED) is 0.634. The fourth-order valence-corrected chi connectivity index (χ4v) is 4.27. The maximum absolute atomic E-state index is 6.35. The number of hydrogen-bond donors (Lipinski definition) is 0. The van der Waals surface area contributed by atoms with E-state index < -0.39 is 8.32 Å². The van der Waals surface area contributed by atoms with Crippen molar-refractivity contribution in [2.24, 2.45) is 5.92 Å². The van der Waals surface area contributed by atoms with E-state index in [0.29, 0.717) is 17.1 Å². The second kappa shape index (κ2) is 7.78. The lowest BCUT2D eigenvalue weighted by Gasteiger charge is -2.36. The Labute approximate surface area is 138 Å². The number of hydrogen-bond acceptors (Lipinski definition) is 3. The van der Waals surface area contributed by atoms with Gasteiger partial charge < -0.3 is 13.9 Å². The zero-order chi connectivity index (χ0) is 16.2. The Bertz CT molecular complexity index is 332. The molecular formula is C18H36O3Si. The fraction of sp³-hybridized carbons (Fsp3) is 1.00. The molecule has 0 N–H and O–H groups in total. The summed E-state index contributed by atoms with van der Waals surface area (Å²) in [5.74, 6) is 0.662. The molecule has 0 aromatic rings. The predicted molar refractivity (Wildman–Crippen MR) is 93.6 cm³/mol. The van der Waals surface area contributed by atoms with Gasteiger partial charge in [0.1, 0.15) is 0 Å². The van der Waals surface area contributed by atoms with Crippen molar-refractivity contribution in [2.75, 3.05) is 13.2 Å². The molecule has 3 nitrogen and oxygen atoms in total. The highest BCUT2D eigenvalue weighted by Crippen LogP contribution is 2.38. The first-order valence-electron chi connectivity index (χ1n) is 9.20. The van der Waals surface area contributed by atoms with Crippen molar-refractivity contribution < 1.29 is 13.9 Å². The van der Waals surface area contributed by atoms with Gasteiger partial charge in [0.05, 0.1) is 6.10 Å². The Balaban J connectivity index is 1.74. The van der Waals surface area contributed by atoms with Crippen molar-refractivity contribution in [3.8, 4) is 0 Å². The lowest BCUT2D eigenvalue weighted by Crippen LogP contribution is -2.41. The van der Waals surface area contributed by atoms with Gasteiger partial charge in [-0.3, -0.25) is 0 Å². The summed E-state index contributed by atoms with van der Waals surface area (Å²) in [5.41, 5.74) is 0. The van der Waals surface area contributed by atoms with Crippen LogP contribution in [0.5, 0.6) is 0 Å². The van der Waals surface area contributed by atoms with E-state index in [1.54, 1.807) is 0 Å². The largest absolute Gasteiger partial charge is 0.417 e. The van der Waals surface area contributed by atoms with Crippen LogP contribution in [0.2, 0.25) is 18.1 Å². The Morgan fingerprint density at radius 2 is 1.82 bits per heavy atom. The lowest BCUT2D eigenvalue weighted by molar-refractivity contribution is -0.195. The van der Waals surface area contributed by atoms with Crippen molar-refractivity contribution in [2.45, 2.75) is 96.2 Å². The molecule has 2 fully saturated rings. The SMILES string of the molecule is CC(C)(C)[Si](C)(C)OCCC1CCCC1OC1CCCCO1. The maximum Gasteiger partial charge on any atom is 0.191 e. The van der Waals surface area contributed by atoms with Gasteiger partial charge in [-0.2, -0.15) is 0 Å². The van der Waals surface area contributed by atoms with Gasteiger partial charge in [-0.05, 0) is 62.6 Å². The minimum Gasteiger partial charge on any atom is -0.417 e. The summed E-state index contributed by atoms with van der Waals surface area (Å²) < 4.78 is 18.3. The summed E-state index contributed by atoms with van der Waals surface area (Å²) in [5, 5.41) is 0.300. The minimum absolute atomic E-state index is 0.0562. The van der Waals surface area contributed by atoms with E-state index in [1.807, 2.05) is 0 Å². The highest BCUT2D eigenvalue weighted by atomic mass is 28.4. The summed E-state index contributed by atoms with van der Waals surface area (Å²) >= 11 is 0. The molecule has 0 radical (unpaired) electrons. The van der Waals surface area contributed by atoms with Crippen LogP contribution in [0.25, 0.3) is 0 Å². The third-order valence-corrected chi connectivity index (χ3v) is 10.3. The van der Waals surface area contributed by atoms with E-state index in [0.717, 1.165) is 26.1 Å². The molecule has 22 heavy (non-hydrogen) atoms. The molecular weight excluding hydrogens is 292 g/mol. The standard InChI is InChI=1S/C18H36O3Si/c1-18(2,3)22(4,5)20-14-12-15-9-8-10-16(15)21-17-11-6-7-13-19-17/h15-17H,6-14H2,1-5H3. The maximum atomic E-state index is 6.35. The molecule has 0 aromatic heterocycles. The van der Waals surface area contributed by atoms with Crippen LogP contribution >= 0.6 is 0 Å². The second-order valence-electron chi connectivity index (χ2n) is 8.56. The molecule has 1 aliphatic heterocycles. The summed E-state index contributed by atoms with van der Waals surface area (Å²) in [6.45, 7) is 13.4. The predicted octanol–water partition coefficient (Wildman–Crippen LogP) is 5.11. The topological polar surface area (TPSA) is 27.7 Å². The van der Waals surface area contributed by atoms with Crippen molar-refractivity contribution in [3.05, 3.63) is 0 Å². The first-order valence-corrected chi connectivity index (χ1v) is 12.1. The van der Waals surface area contributed by atoms with Gasteiger partial charge in [0.15, 0.2) is 14.6 Å². The van der Waals surface area contributed by atoms with Crippen LogP contribution in [0.15, 0.2) is 0 Å². The van der Waals surface area contributed by atoms with Gasteiger partial charge in [0, 0.05) is 13.2 Å². The van der Waals surface area contributed by atoms with E-state index in [9.17, 15) is 0 Å². The zero-order valence-corrected chi connectivity index (χ0v) is 16.3. The molecule has 3 atom stereocenters. The number of ether oxygens (including phenoxy) is 2. The Kier molecular flexibility index (Phi) is 6.52. The summed E-state index contributed by atoms with van der Waals surface area (Å²) in [6.07, 6.45) is 8.88. The van der Waals surface area contributed by atoms with E-state index >= 15 is 0 Å². The van der Waals surface area contributed by atoms with Crippen molar-refractivity contribution in [1.29, 1.82) is 0 Å². The Hall–Kier alpha value is 0.0969. The minimum atomic E-state index is -1.61. The molecule has 0 amide bonds. The number of rotatable bonds is 6. The van der Waals surface area contributed by atoms with E-state index in [-0.39, 0.29) is 6.29 Å². The fourth-order valence-electron chi connectivity index (χ4n) is 3.21. The average Bonchev–Trinajstić information content (AvgIpc) is 2.86. The Morgan fingerprint density at radius 3 is 2.45 bits per heavy atom. The van der Waals surface area contributed by atoms with Gasteiger partial charge in [-0.1, -0.05) is 27.2 Å².